The monoisotopic (exact) mass is 443 g/mol. The number of aliphatic hydroxyl groups excluding tert-OH is 1. The average molecular weight is 444 g/mol. The number of nitrogens with one attached hydrogen (secondary N) is 1. The maximum atomic E-state index is 12.9. The highest BCUT2D eigenvalue weighted by Crippen LogP contribution is 2.43. The third kappa shape index (κ3) is 4.56. The van der Waals surface area contributed by atoms with Crippen molar-refractivity contribution in [1.82, 2.24) is 25.1 Å². The second-order valence-corrected chi connectivity index (χ2v) is 8.90. The first-order valence-electron chi connectivity index (χ1n) is 10.7. The van der Waals surface area contributed by atoms with E-state index in [4.69, 9.17) is 9.57 Å². The summed E-state index contributed by atoms with van der Waals surface area (Å²) < 4.78 is 6.96. The van der Waals surface area contributed by atoms with Gasteiger partial charge in [-0.1, -0.05) is 30.3 Å². The molecule has 4 rings (SSSR count). The molecule has 10 nitrogen and oxygen atoms in total. The maximum Gasteiger partial charge on any atom is 0.407 e. The van der Waals surface area contributed by atoms with Gasteiger partial charge in [0.15, 0.2) is 0 Å². The van der Waals surface area contributed by atoms with E-state index in [0.717, 1.165) is 11.1 Å². The SMILES string of the molecule is CC(C)(C)OC(=O)NCCn1cc2c(n1)[C@@H](CO)N1C[C@@H]2N(OCc2ccccc2)C1=O. The van der Waals surface area contributed by atoms with Gasteiger partial charge in [0.1, 0.15) is 24.3 Å². The van der Waals surface area contributed by atoms with Gasteiger partial charge >= 0.3 is 12.1 Å². The lowest BCUT2D eigenvalue weighted by molar-refractivity contribution is -0.141. The number of urea groups is 1. The lowest BCUT2D eigenvalue weighted by Gasteiger charge is -2.27. The minimum Gasteiger partial charge on any atom is -0.444 e. The normalized spacial score (nSPS) is 19.8. The summed E-state index contributed by atoms with van der Waals surface area (Å²) in [7, 11) is 0. The fraction of sp³-hybridized carbons (Fsp3) is 0.500. The molecule has 3 heterocycles. The van der Waals surface area contributed by atoms with Crippen LogP contribution in [0.25, 0.3) is 0 Å². The number of ether oxygens (including phenoxy) is 1. The van der Waals surface area contributed by atoms with Crippen LogP contribution in [0.2, 0.25) is 0 Å². The molecule has 2 N–H and O–H groups in total. The Morgan fingerprint density at radius 3 is 2.72 bits per heavy atom. The van der Waals surface area contributed by atoms with E-state index >= 15 is 0 Å². The van der Waals surface area contributed by atoms with E-state index in [1.807, 2.05) is 36.5 Å². The number of hydrogen-bond acceptors (Lipinski definition) is 6. The zero-order chi connectivity index (χ0) is 22.9. The summed E-state index contributed by atoms with van der Waals surface area (Å²) in [5.74, 6) is 0. The van der Waals surface area contributed by atoms with Crippen molar-refractivity contribution >= 4 is 12.1 Å². The Balaban J connectivity index is 1.45. The summed E-state index contributed by atoms with van der Waals surface area (Å²) in [6, 6.07) is 8.52. The van der Waals surface area contributed by atoms with E-state index < -0.39 is 17.7 Å². The molecule has 0 unspecified atom stereocenters. The highest BCUT2D eigenvalue weighted by Gasteiger charge is 2.50. The van der Waals surface area contributed by atoms with Crippen molar-refractivity contribution in [3.05, 3.63) is 53.3 Å². The Hall–Kier alpha value is -3.11. The van der Waals surface area contributed by atoms with Crippen molar-refractivity contribution in [2.45, 2.75) is 51.6 Å². The number of carbonyl (C=O) groups excluding carboxylic acids is 2. The quantitative estimate of drug-likeness (QED) is 0.680. The van der Waals surface area contributed by atoms with Gasteiger partial charge < -0.3 is 20.1 Å². The van der Waals surface area contributed by atoms with E-state index in [2.05, 4.69) is 10.4 Å². The molecule has 0 spiro atoms. The molecule has 3 amide bonds. The van der Waals surface area contributed by atoms with Crippen molar-refractivity contribution in [3.8, 4) is 0 Å². The van der Waals surface area contributed by atoms with Crippen molar-refractivity contribution in [3.63, 3.8) is 0 Å². The predicted molar refractivity (Wildman–Crippen MR) is 114 cm³/mol. The van der Waals surface area contributed by atoms with Crippen LogP contribution in [0.3, 0.4) is 0 Å². The van der Waals surface area contributed by atoms with Crippen LogP contribution in [-0.2, 0) is 22.7 Å². The van der Waals surface area contributed by atoms with Crippen LogP contribution in [-0.4, -0.2) is 62.3 Å². The van der Waals surface area contributed by atoms with Gasteiger partial charge in [0, 0.05) is 18.3 Å². The van der Waals surface area contributed by atoms with Gasteiger partial charge in [-0.25, -0.2) is 9.59 Å². The van der Waals surface area contributed by atoms with Crippen LogP contribution < -0.4 is 5.32 Å². The molecule has 0 aliphatic carbocycles. The molecule has 1 aromatic carbocycles. The van der Waals surface area contributed by atoms with E-state index in [9.17, 15) is 14.7 Å². The summed E-state index contributed by atoms with van der Waals surface area (Å²) in [5.41, 5.74) is 1.89. The minimum atomic E-state index is -0.563. The Labute approximate surface area is 186 Å². The Kier molecular flexibility index (Phi) is 6.07. The molecule has 2 bridgehead atoms. The van der Waals surface area contributed by atoms with Gasteiger partial charge in [0.2, 0.25) is 0 Å². The number of rotatable bonds is 7. The topological polar surface area (TPSA) is 109 Å². The molecule has 10 heteroatoms. The standard InChI is InChI=1S/C22H29N5O5/c1-22(2,3)32-20(29)23-9-10-25-11-16-17-12-26(18(13-28)19(16)24-25)21(30)27(17)31-14-15-7-5-4-6-8-15/h4-8,11,17-18,28H,9-10,12-14H2,1-3H3,(H,23,29)/t17-,18+/m0/s1. The van der Waals surface area contributed by atoms with Gasteiger partial charge in [-0.3, -0.25) is 9.52 Å². The number of aromatic nitrogens is 2. The highest BCUT2D eigenvalue weighted by atomic mass is 16.7. The molecule has 0 saturated carbocycles. The first kappa shape index (κ1) is 22.1. The zero-order valence-corrected chi connectivity index (χ0v) is 18.5. The summed E-state index contributed by atoms with van der Waals surface area (Å²) >= 11 is 0. The summed E-state index contributed by atoms with van der Waals surface area (Å²) in [6.07, 6.45) is 1.37. The molecule has 172 valence electrons. The lowest BCUT2D eigenvalue weighted by atomic mass is 9.99. The molecule has 0 radical (unpaired) electrons. The van der Waals surface area contributed by atoms with Crippen LogP contribution >= 0.6 is 0 Å². The van der Waals surface area contributed by atoms with Crippen LogP contribution in [0, 0.1) is 0 Å². The smallest absolute Gasteiger partial charge is 0.407 e. The zero-order valence-electron chi connectivity index (χ0n) is 18.5. The molecular weight excluding hydrogens is 414 g/mol. The molecule has 1 aromatic heterocycles. The number of alkyl carbamates (subject to hydrolysis) is 1. The number of hydroxylamine groups is 2. The molecule has 1 saturated heterocycles. The molecule has 2 atom stereocenters. The first-order chi connectivity index (χ1) is 15.3. The van der Waals surface area contributed by atoms with E-state index in [1.54, 1.807) is 30.4 Å². The van der Waals surface area contributed by atoms with Crippen LogP contribution in [0.15, 0.2) is 36.5 Å². The van der Waals surface area contributed by atoms with Gasteiger partial charge in [-0.05, 0) is 26.3 Å². The average Bonchev–Trinajstić information content (AvgIpc) is 3.27. The molecule has 2 aliphatic heterocycles. The number of aliphatic hydroxyl groups is 1. The van der Waals surface area contributed by atoms with E-state index in [1.165, 1.54) is 5.06 Å². The number of amides is 3. The lowest BCUT2D eigenvalue weighted by Crippen LogP contribution is -2.36. The second kappa shape index (κ2) is 8.79. The number of hydrogen-bond donors (Lipinski definition) is 2. The summed E-state index contributed by atoms with van der Waals surface area (Å²) in [5, 5.41) is 18.6. The third-order valence-corrected chi connectivity index (χ3v) is 5.35. The fourth-order valence-corrected chi connectivity index (χ4v) is 3.95. The van der Waals surface area contributed by atoms with Crippen molar-refractivity contribution in [2.24, 2.45) is 0 Å². The second-order valence-electron chi connectivity index (χ2n) is 8.90. The van der Waals surface area contributed by atoms with Crippen molar-refractivity contribution in [2.75, 3.05) is 19.7 Å². The van der Waals surface area contributed by atoms with Gasteiger partial charge in [-0.15, -0.1) is 0 Å². The predicted octanol–water partition coefficient (Wildman–Crippen LogP) is 2.37. The first-order valence-corrected chi connectivity index (χ1v) is 10.7. The number of carbonyl (C=O) groups is 2. The third-order valence-electron chi connectivity index (χ3n) is 5.35. The molecular formula is C22H29N5O5. The highest BCUT2D eigenvalue weighted by molar-refractivity contribution is 5.78. The largest absolute Gasteiger partial charge is 0.444 e. The van der Waals surface area contributed by atoms with E-state index in [0.29, 0.717) is 25.3 Å². The Morgan fingerprint density at radius 1 is 1.28 bits per heavy atom. The van der Waals surface area contributed by atoms with Crippen LogP contribution in [0.5, 0.6) is 0 Å². The van der Waals surface area contributed by atoms with Crippen LogP contribution in [0.4, 0.5) is 9.59 Å². The molecule has 2 aliphatic rings. The minimum absolute atomic E-state index is 0.231. The number of fused-ring (bicyclic) bond motifs is 4. The van der Waals surface area contributed by atoms with Gasteiger partial charge in [0.25, 0.3) is 0 Å². The van der Waals surface area contributed by atoms with Crippen molar-refractivity contribution in [1.29, 1.82) is 0 Å². The summed E-state index contributed by atoms with van der Waals surface area (Å²) in [4.78, 5) is 32.2. The van der Waals surface area contributed by atoms with Gasteiger partial charge in [-0.2, -0.15) is 10.2 Å². The van der Waals surface area contributed by atoms with Gasteiger partial charge in [0.05, 0.1) is 25.4 Å². The number of nitrogens with zero attached hydrogens (tertiary/aromatic N) is 4. The maximum absolute atomic E-state index is 12.9. The van der Waals surface area contributed by atoms with Crippen molar-refractivity contribution < 1.29 is 24.3 Å². The summed E-state index contributed by atoms with van der Waals surface area (Å²) in [6.45, 7) is 6.64. The Morgan fingerprint density at radius 2 is 2.03 bits per heavy atom. The van der Waals surface area contributed by atoms with E-state index in [-0.39, 0.29) is 25.3 Å². The fourth-order valence-electron chi connectivity index (χ4n) is 3.95. The number of benzene rings is 1. The molecule has 1 fully saturated rings. The molecule has 32 heavy (non-hydrogen) atoms. The molecule has 2 aromatic rings. The Bertz CT molecular complexity index is 971. The van der Waals surface area contributed by atoms with Crippen LogP contribution in [0.1, 0.15) is 49.7 Å².